The van der Waals surface area contributed by atoms with Crippen molar-refractivity contribution in [2.45, 2.75) is 26.3 Å². The largest absolute Gasteiger partial charge is 0.457 e. The van der Waals surface area contributed by atoms with Crippen LogP contribution in [0.15, 0.2) is 54.7 Å². The zero-order valence-electron chi connectivity index (χ0n) is 21.9. The highest BCUT2D eigenvalue weighted by Gasteiger charge is 2.29. The number of nitrogens with zero attached hydrogens (tertiary/aromatic N) is 5. The summed E-state index contributed by atoms with van der Waals surface area (Å²) in [5.41, 5.74) is 8.56. The van der Waals surface area contributed by atoms with E-state index in [1.807, 2.05) is 35.9 Å². The Hall–Kier alpha value is -3.76. The maximum absolute atomic E-state index is 14.7. The molecule has 2 aromatic heterocycles. The van der Waals surface area contributed by atoms with Gasteiger partial charge in [-0.15, -0.1) is 0 Å². The van der Waals surface area contributed by atoms with Crippen molar-refractivity contribution in [2.24, 2.45) is 7.05 Å². The van der Waals surface area contributed by atoms with Crippen molar-refractivity contribution in [1.29, 1.82) is 0 Å². The van der Waals surface area contributed by atoms with Crippen LogP contribution in [0.5, 0.6) is 11.5 Å². The van der Waals surface area contributed by atoms with E-state index in [4.69, 9.17) is 10.5 Å². The van der Waals surface area contributed by atoms with Gasteiger partial charge in [-0.3, -0.25) is 4.90 Å². The molecule has 5 rings (SSSR count). The lowest BCUT2D eigenvalue weighted by molar-refractivity contribution is 0.0155. The van der Waals surface area contributed by atoms with Crippen molar-refractivity contribution in [2.75, 3.05) is 43.8 Å². The number of fused-ring (bicyclic) bond motifs is 1. The summed E-state index contributed by atoms with van der Waals surface area (Å²) in [5, 5.41) is 3.23. The summed E-state index contributed by atoms with van der Waals surface area (Å²) in [6.45, 7) is 8.31. The highest BCUT2D eigenvalue weighted by molar-refractivity contribution is 5.81. The van der Waals surface area contributed by atoms with Gasteiger partial charge in [0.25, 0.3) is 5.92 Å². The van der Waals surface area contributed by atoms with E-state index in [1.54, 1.807) is 30.5 Å². The Morgan fingerprint density at radius 1 is 1.00 bits per heavy atom. The second-order valence-corrected chi connectivity index (χ2v) is 9.76. The van der Waals surface area contributed by atoms with Crippen LogP contribution >= 0.6 is 0 Å². The molecule has 1 fully saturated rings. The number of nitrogen functional groups attached to an aromatic ring is 1. The quantitative estimate of drug-likeness (QED) is 0.324. The van der Waals surface area contributed by atoms with Crippen LogP contribution in [-0.2, 0) is 19.5 Å². The summed E-state index contributed by atoms with van der Waals surface area (Å²) < 4.78 is 37.2. The number of aryl methyl sites for hydroxylation is 1. The molecule has 0 amide bonds. The Morgan fingerprint density at radius 3 is 2.45 bits per heavy atom. The number of nitrogens with two attached hydrogens (primary N) is 1. The van der Waals surface area contributed by atoms with Gasteiger partial charge >= 0.3 is 0 Å². The number of alkyl halides is 2. The van der Waals surface area contributed by atoms with Gasteiger partial charge in [0.15, 0.2) is 0 Å². The monoisotopic (exact) mass is 521 g/mol. The minimum Gasteiger partial charge on any atom is -0.457 e. The van der Waals surface area contributed by atoms with Crippen LogP contribution in [0.4, 0.5) is 26.2 Å². The molecule has 1 aliphatic rings. The fourth-order valence-electron chi connectivity index (χ4n) is 4.81. The number of imidazole rings is 1. The number of rotatable bonds is 8. The third-order valence-electron chi connectivity index (χ3n) is 6.99. The summed E-state index contributed by atoms with van der Waals surface area (Å²) in [7, 11) is 1.87. The smallest absolute Gasteiger partial charge is 0.270 e. The van der Waals surface area contributed by atoms with E-state index in [0.717, 1.165) is 50.7 Å². The van der Waals surface area contributed by atoms with Crippen molar-refractivity contribution in [1.82, 2.24) is 24.3 Å². The van der Waals surface area contributed by atoms with Crippen molar-refractivity contribution >= 4 is 28.5 Å². The Morgan fingerprint density at radius 2 is 1.74 bits per heavy atom. The lowest BCUT2D eigenvalue weighted by atomic mass is 10.0. The highest BCUT2D eigenvalue weighted by Crippen LogP contribution is 2.34. The molecule has 0 atom stereocenters. The average Bonchev–Trinajstić information content (AvgIpc) is 3.19. The number of hydrogen-bond donors (Lipinski definition) is 2. The maximum Gasteiger partial charge on any atom is 0.270 e. The number of likely N-dealkylation sites (N-methyl/N-ethyl adjacent to an activating group) is 1. The van der Waals surface area contributed by atoms with Crippen LogP contribution in [0.3, 0.4) is 0 Å². The molecule has 3 N–H and O–H groups in total. The van der Waals surface area contributed by atoms with Crippen LogP contribution in [-0.4, -0.2) is 57.1 Å². The van der Waals surface area contributed by atoms with E-state index >= 15 is 0 Å². The molecule has 1 saturated heterocycles. The van der Waals surface area contributed by atoms with Crippen LogP contribution in [0.1, 0.15) is 25.0 Å². The van der Waals surface area contributed by atoms with E-state index in [0.29, 0.717) is 41.1 Å². The van der Waals surface area contributed by atoms with Crippen LogP contribution in [0, 0.1) is 0 Å². The first-order chi connectivity index (χ1) is 18.2. The molecule has 38 heavy (non-hydrogen) atoms. The molecular weight excluding hydrogens is 488 g/mol. The predicted molar refractivity (Wildman–Crippen MR) is 146 cm³/mol. The third-order valence-corrected chi connectivity index (χ3v) is 6.99. The minimum absolute atomic E-state index is 0.0338. The van der Waals surface area contributed by atoms with E-state index in [2.05, 4.69) is 32.0 Å². The van der Waals surface area contributed by atoms with Crippen LogP contribution in [0.25, 0.3) is 11.0 Å². The molecule has 0 bridgehead atoms. The number of piperazine rings is 1. The number of aromatic nitrogens is 3. The Balaban J connectivity index is 1.36. The van der Waals surface area contributed by atoms with Gasteiger partial charge in [0.1, 0.15) is 17.3 Å². The van der Waals surface area contributed by atoms with Crippen molar-refractivity contribution in [3.8, 4) is 11.5 Å². The summed E-state index contributed by atoms with van der Waals surface area (Å²) >= 11 is 0. The van der Waals surface area contributed by atoms with Gasteiger partial charge in [-0.25, -0.2) is 18.7 Å². The molecule has 200 valence electrons. The fraction of sp³-hybridized carbons (Fsp3) is 0.357. The number of anilines is 3. The van der Waals surface area contributed by atoms with Gasteiger partial charge in [-0.05, 0) is 42.4 Å². The Labute approximate surface area is 221 Å². The van der Waals surface area contributed by atoms with Gasteiger partial charge in [0.05, 0.1) is 11.0 Å². The average molecular weight is 522 g/mol. The number of nitrogens with one attached hydrogen (secondary N) is 1. The predicted octanol–water partition coefficient (Wildman–Crippen LogP) is 5.34. The Kier molecular flexibility index (Phi) is 7.18. The summed E-state index contributed by atoms with van der Waals surface area (Å²) in [6, 6.07) is 14.1. The second kappa shape index (κ2) is 10.5. The van der Waals surface area contributed by atoms with Gasteiger partial charge in [0.2, 0.25) is 5.95 Å². The molecule has 0 saturated carbocycles. The number of halogens is 2. The number of pyridine rings is 1. The molecular formula is C28H33F2N7O. The first-order valence-electron chi connectivity index (χ1n) is 12.8. The van der Waals surface area contributed by atoms with Crippen LogP contribution < -0.4 is 15.8 Å². The van der Waals surface area contributed by atoms with Gasteiger partial charge in [-0.1, -0.05) is 13.0 Å². The molecule has 0 radical (unpaired) electrons. The van der Waals surface area contributed by atoms with Gasteiger partial charge < -0.3 is 25.3 Å². The normalized spacial score (nSPS) is 15.2. The lowest BCUT2D eigenvalue weighted by Crippen LogP contribution is -2.45. The first kappa shape index (κ1) is 25.9. The molecule has 0 aliphatic carbocycles. The molecule has 4 aromatic rings. The summed E-state index contributed by atoms with van der Waals surface area (Å²) in [6.07, 6.45) is 1.58. The van der Waals surface area contributed by atoms with E-state index in [-0.39, 0.29) is 5.56 Å². The highest BCUT2D eigenvalue weighted by atomic mass is 19.3. The van der Waals surface area contributed by atoms with Crippen molar-refractivity contribution in [3.05, 3.63) is 65.9 Å². The molecule has 10 heteroatoms. The number of ether oxygens (including phenoxy) is 1. The SMILES string of the molecule is CCN1CCN(Cc2ccc(Nc3nc4ccc(Oc5ccnc(N)c5)cc4n3C)cc2C(C)(F)F)CC1. The molecule has 0 unspecified atom stereocenters. The molecule has 2 aromatic carbocycles. The molecule has 1 aliphatic heterocycles. The minimum atomic E-state index is -2.97. The Bertz CT molecular complexity index is 1420. The van der Waals surface area contributed by atoms with E-state index in [1.165, 1.54) is 0 Å². The standard InChI is InChI=1S/C28H33F2N7O/c1-4-36-11-13-37(14-12-36)18-19-5-6-20(15-23(19)28(2,29)30)33-27-34-24-8-7-21(16-25(24)35(27)3)38-22-9-10-32-26(31)17-22/h5-10,15-17H,4,11-14,18H2,1-3H3,(H2,31,32)(H,33,34). The maximum atomic E-state index is 14.7. The summed E-state index contributed by atoms with van der Waals surface area (Å²) in [4.78, 5) is 13.3. The lowest BCUT2D eigenvalue weighted by Gasteiger charge is -2.34. The molecule has 3 heterocycles. The van der Waals surface area contributed by atoms with Crippen molar-refractivity contribution < 1.29 is 13.5 Å². The van der Waals surface area contributed by atoms with Gasteiger partial charge in [-0.2, -0.15) is 0 Å². The first-order valence-corrected chi connectivity index (χ1v) is 12.8. The molecule has 0 spiro atoms. The number of benzene rings is 2. The van der Waals surface area contributed by atoms with Gasteiger partial charge in [0, 0.05) is 76.3 Å². The molecule has 8 nitrogen and oxygen atoms in total. The number of hydrogen-bond acceptors (Lipinski definition) is 7. The summed E-state index contributed by atoms with van der Waals surface area (Å²) in [5.74, 6) is -0.850. The second-order valence-electron chi connectivity index (χ2n) is 9.76. The van der Waals surface area contributed by atoms with Crippen molar-refractivity contribution in [3.63, 3.8) is 0 Å². The fourth-order valence-corrected chi connectivity index (χ4v) is 4.81. The van der Waals surface area contributed by atoms with E-state index in [9.17, 15) is 8.78 Å². The zero-order chi connectivity index (χ0) is 26.9. The topological polar surface area (TPSA) is 84.5 Å². The van der Waals surface area contributed by atoms with E-state index < -0.39 is 5.92 Å². The third kappa shape index (κ3) is 5.71. The van der Waals surface area contributed by atoms with Crippen LogP contribution in [0.2, 0.25) is 0 Å². The zero-order valence-corrected chi connectivity index (χ0v) is 21.9.